The Bertz CT molecular complexity index is 525. The second-order valence-electron chi connectivity index (χ2n) is 4.17. The maximum absolute atomic E-state index is 5.58. The molecule has 7 nitrogen and oxygen atoms in total. The predicted molar refractivity (Wildman–Crippen MR) is 67.0 cm³/mol. The molecule has 0 bridgehead atoms. The highest BCUT2D eigenvalue weighted by molar-refractivity contribution is 5.36. The SMILES string of the molecule is Cc1nc(N)nc(NC(C)c2c(C)noc2C)n1. The van der Waals surface area contributed by atoms with Crippen LogP contribution in [0.3, 0.4) is 0 Å². The van der Waals surface area contributed by atoms with E-state index in [1.165, 1.54) is 0 Å². The molecular formula is C11H16N6O. The summed E-state index contributed by atoms with van der Waals surface area (Å²) in [4.78, 5) is 12.1. The molecule has 0 spiro atoms. The zero-order valence-electron chi connectivity index (χ0n) is 10.9. The quantitative estimate of drug-likeness (QED) is 0.849. The Labute approximate surface area is 105 Å². The van der Waals surface area contributed by atoms with Crippen molar-refractivity contribution >= 4 is 11.9 Å². The number of aryl methyl sites for hydroxylation is 3. The molecule has 96 valence electrons. The molecule has 0 aliphatic rings. The summed E-state index contributed by atoms with van der Waals surface area (Å²) >= 11 is 0. The number of nitrogens with one attached hydrogen (secondary N) is 1. The van der Waals surface area contributed by atoms with Crippen LogP contribution < -0.4 is 11.1 Å². The lowest BCUT2D eigenvalue weighted by molar-refractivity contribution is 0.392. The van der Waals surface area contributed by atoms with Crippen molar-refractivity contribution in [3.8, 4) is 0 Å². The molecule has 7 heteroatoms. The van der Waals surface area contributed by atoms with E-state index < -0.39 is 0 Å². The number of hydrogen-bond acceptors (Lipinski definition) is 7. The fourth-order valence-corrected chi connectivity index (χ4v) is 1.94. The van der Waals surface area contributed by atoms with Gasteiger partial charge in [-0.25, -0.2) is 0 Å². The van der Waals surface area contributed by atoms with Gasteiger partial charge in [-0.15, -0.1) is 0 Å². The van der Waals surface area contributed by atoms with Crippen molar-refractivity contribution in [3.63, 3.8) is 0 Å². The van der Waals surface area contributed by atoms with Crippen LogP contribution in [-0.2, 0) is 0 Å². The molecule has 1 atom stereocenters. The van der Waals surface area contributed by atoms with Crippen LogP contribution in [0.25, 0.3) is 0 Å². The highest BCUT2D eigenvalue weighted by Gasteiger charge is 2.17. The monoisotopic (exact) mass is 248 g/mol. The van der Waals surface area contributed by atoms with Crippen LogP contribution in [0.4, 0.5) is 11.9 Å². The largest absolute Gasteiger partial charge is 0.368 e. The summed E-state index contributed by atoms with van der Waals surface area (Å²) in [6, 6.07) is -0.0163. The van der Waals surface area contributed by atoms with Crippen LogP contribution in [0.15, 0.2) is 4.52 Å². The zero-order chi connectivity index (χ0) is 13.3. The van der Waals surface area contributed by atoms with E-state index >= 15 is 0 Å². The van der Waals surface area contributed by atoms with Crippen LogP contribution in [0, 0.1) is 20.8 Å². The summed E-state index contributed by atoms with van der Waals surface area (Å²) < 4.78 is 5.13. The molecule has 0 radical (unpaired) electrons. The number of nitrogen functional groups attached to an aromatic ring is 1. The van der Waals surface area contributed by atoms with Crippen LogP contribution in [0.2, 0.25) is 0 Å². The lowest BCUT2D eigenvalue weighted by atomic mass is 10.1. The van der Waals surface area contributed by atoms with Crippen LogP contribution in [-0.4, -0.2) is 20.1 Å². The standard InChI is InChI=1S/C11H16N6O/c1-5(9-6(2)17-18-7(9)3)13-11-15-8(4)14-10(12)16-11/h5H,1-4H3,(H3,12,13,14,15,16). The number of rotatable bonds is 3. The van der Waals surface area contributed by atoms with Gasteiger partial charge < -0.3 is 15.6 Å². The maximum Gasteiger partial charge on any atom is 0.228 e. The summed E-state index contributed by atoms with van der Waals surface area (Å²) in [6.45, 7) is 7.53. The molecule has 0 saturated heterocycles. The predicted octanol–water partition coefficient (Wildman–Crippen LogP) is 1.54. The normalized spacial score (nSPS) is 12.4. The third kappa shape index (κ3) is 2.39. The zero-order valence-corrected chi connectivity index (χ0v) is 10.9. The molecule has 2 heterocycles. The van der Waals surface area contributed by atoms with Gasteiger partial charge in [0.25, 0.3) is 0 Å². The topological polar surface area (TPSA) is 103 Å². The molecule has 0 saturated carbocycles. The van der Waals surface area contributed by atoms with E-state index in [1.807, 2.05) is 20.8 Å². The Kier molecular flexibility index (Phi) is 3.14. The van der Waals surface area contributed by atoms with Gasteiger partial charge >= 0.3 is 0 Å². The molecule has 2 rings (SSSR count). The molecule has 2 aromatic heterocycles. The number of nitrogens with zero attached hydrogens (tertiary/aromatic N) is 4. The molecular weight excluding hydrogens is 232 g/mol. The first-order valence-corrected chi connectivity index (χ1v) is 5.65. The third-order valence-electron chi connectivity index (χ3n) is 2.63. The third-order valence-corrected chi connectivity index (χ3v) is 2.63. The van der Waals surface area contributed by atoms with Gasteiger partial charge in [0.2, 0.25) is 11.9 Å². The molecule has 2 aromatic rings. The van der Waals surface area contributed by atoms with Crippen molar-refractivity contribution in [3.05, 3.63) is 22.8 Å². The van der Waals surface area contributed by atoms with E-state index in [-0.39, 0.29) is 12.0 Å². The Balaban J connectivity index is 2.24. The summed E-state index contributed by atoms with van der Waals surface area (Å²) in [5, 5.41) is 7.09. The van der Waals surface area contributed by atoms with E-state index in [0.29, 0.717) is 11.8 Å². The number of anilines is 2. The van der Waals surface area contributed by atoms with Gasteiger partial charge in [-0.2, -0.15) is 15.0 Å². The van der Waals surface area contributed by atoms with Crippen LogP contribution >= 0.6 is 0 Å². The fourth-order valence-electron chi connectivity index (χ4n) is 1.94. The van der Waals surface area contributed by atoms with Crippen molar-refractivity contribution in [2.45, 2.75) is 33.7 Å². The molecule has 0 fully saturated rings. The Hall–Kier alpha value is -2.18. The summed E-state index contributed by atoms with van der Waals surface area (Å²) in [7, 11) is 0. The van der Waals surface area contributed by atoms with Gasteiger partial charge in [0.15, 0.2) is 0 Å². The lowest BCUT2D eigenvalue weighted by Gasteiger charge is -2.13. The number of aromatic nitrogens is 4. The second-order valence-corrected chi connectivity index (χ2v) is 4.17. The van der Waals surface area contributed by atoms with Crippen molar-refractivity contribution in [2.24, 2.45) is 0 Å². The summed E-state index contributed by atoms with van der Waals surface area (Å²) in [6.07, 6.45) is 0. The number of nitrogens with two attached hydrogens (primary N) is 1. The maximum atomic E-state index is 5.58. The van der Waals surface area contributed by atoms with Crippen LogP contribution in [0.5, 0.6) is 0 Å². The molecule has 1 unspecified atom stereocenters. The highest BCUT2D eigenvalue weighted by Crippen LogP contribution is 2.23. The van der Waals surface area contributed by atoms with Gasteiger partial charge in [0.05, 0.1) is 11.7 Å². The lowest BCUT2D eigenvalue weighted by Crippen LogP contribution is -2.13. The van der Waals surface area contributed by atoms with E-state index in [1.54, 1.807) is 6.92 Å². The van der Waals surface area contributed by atoms with Crippen molar-refractivity contribution in [1.29, 1.82) is 0 Å². The fraction of sp³-hybridized carbons (Fsp3) is 0.455. The first-order valence-electron chi connectivity index (χ1n) is 5.65. The first kappa shape index (κ1) is 12.3. The minimum absolute atomic E-state index is 0.0163. The van der Waals surface area contributed by atoms with E-state index in [2.05, 4.69) is 25.4 Å². The van der Waals surface area contributed by atoms with Gasteiger partial charge in [0, 0.05) is 5.56 Å². The molecule has 18 heavy (non-hydrogen) atoms. The van der Waals surface area contributed by atoms with Gasteiger partial charge in [-0.05, 0) is 27.7 Å². The number of hydrogen-bond donors (Lipinski definition) is 2. The Morgan fingerprint density at radius 3 is 2.44 bits per heavy atom. The van der Waals surface area contributed by atoms with E-state index in [0.717, 1.165) is 17.0 Å². The second kappa shape index (κ2) is 4.59. The highest BCUT2D eigenvalue weighted by atomic mass is 16.5. The summed E-state index contributed by atoms with van der Waals surface area (Å²) in [5.74, 6) is 2.02. The minimum atomic E-state index is -0.0163. The molecule has 0 aromatic carbocycles. The first-order chi connectivity index (χ1) is 8.47. The van der Waals surface area contributed by atoms with Crippen LogP contribution in [0.1, 0.15) is 35.8 Å². The van der Waals surface area contributed by atoms with Crippen molar-refractivity contribution < 1.29 is 4.52 Å². The molecule has 0 amide bonds. The minimum Gasteiger partial charge on any atom is -0.368 e. The van der Waals surface area contributed by atoms with Gasteiger partial charge in [-0.1, -0.05) is 5.16 Å². The summed E-state index contributed by atoms with van der Waals surface area (Å²) in [5.41, 5.74) is 7.44. The Morgan fingerprint density at radius 2 is 1.89 bits per heavy atom. The molecule has 0 aliphatic heterocycles. The van der Waals surface area contributed by atoms with Gasteiger partial charge in [-0.3, -0.25) is 0 Å². The average molecular weight is 248 g/mol. The smallest absolute Gasteiger partial charge is 0.228 e. The van der Waals surface area contributed by atoms with Gasteiger partial charge in [0.1, 0.15) is 11.6 Å². The van der Waals surface area contributed by atoms with E-state index in [4.69, 9.17) is 10.3 Å². The Morgan fingerprint density at radius 1 is 1.17 bits per heavy atom. The van der Waals surface area contributed by atoms with Crippen molar-refractivity contribution in [1.82, 2.24) is 20.1 Å². The molecule has 3 N–H and O–H groups in total. The molecule has 0 aliphatic carbocycles. The average Bonchev–Trinajstić information content (AvgIpc) is 2.56. The van der Waals surface area contributed by atoms with E-state index in [9.17, 15) is 0 Å². The van der Waals surface area contributed by atoms with Crippen molar-refractivity contribution in [2.75, 3.05) is 11.1 Å².